The molecule has 3 rings (SSSR count). The summed E-state index contributed by atoms with van der Waals surface area (Å²) in [5, 5.41) is 0. The second-order valence-corrected chi connectivity index (χ2v) is 4.20. The van der Waals surface area contributed by atoms with Gasteiger partial charge in [0.1, 0.15) is 5.60 Å². The summed E-state index contributed by atoms with van der Waals surface area (Å²) in [5.41, 5.74) is -0.476. The Morgan fingerprint density at radius 3 is 2.31 bits per heavy atom. The Morgan fingerprint density at radius 1 is 1.46 bits per heavy atom. The minimum atomic E-state index is -0.476. The largest absolute Gasteiger partial charge is 0.369 e. The molecule has 74 valence electrons. The second kappa shape index (κ2) is 3.07. The van der Waals surface area contributed by atoms with Crippen LogP contribution in [0.15, 0.2) is 0 Å². The van der Waals surface area contributed by atoms with Gasteiger partial charge >= 0.3 is 0 Å². The zero-order valence-electron chi connectivity index (χ0n) is 8.38. The molecule has 3 aliphatic rings. The van der Waals surface area contributed by atoms with Gasteiger partial charge in [-0.2, -0.15) is 0 Å². The van der Waals surface area contributed by atoms with Crippen LogP contribution in [0.1, 0.15) is 19.8 Å². The summed E-state index contributed by atoms with van der Waals surface area (Å²) >= 11 is 0. The highest BCUT2D eigenvalue weighted by Crippen LogP contribution is 2.38. The number of ether oxygens (including phenoxy) is 1. The van der Waals surface area contributed by atoms with Crippen molar-refractivity contribution in [1.29, 1.82) is 0 Å². The fraction of sp³-hybridized carbons (Fsp3) is 0.900. The fourth-order valence-electron chi connectivity index (χ4n) is 2.79. The fourth-order valence-corrected chi connectivity index (χ4v) is 2.79. The minimum Gasteiger partial charge on any atom is -0.369 e. The number of Topliss-reactive ketones (excluding diaryl/α,β-unsaturated/α-hetero) is 1. The molecular weight excluding hydrogens is 166 g/mol. The van der Waals surface area contributed by atoms with E-state index in [9.17, 15) is 4.79 Å². The minimum absolute atomic E-state index is 0.199. The molecule has 3 nitrogen and oxygen atoms in total. The quantitative estimate of drug-likeness (QED) is 0.630. The second-order valence-electron chi connectivity index (χ2n) is 4.20. The molecule has 0 saturated carbocycles. The zero-order chi connectivity index (χ0) is 9.47. The Morgan fingerprint density at radius 2 is 2.08 bits per heavy atom. The molecule has 2 bridgehead atoms. The number of carbonyl (C=O) groups excluding carboxylic acids is 1. The van der Waals surface area contributed by atoms with Crippen molar-refractivity contribution in [3.63, 3.8) is 0 Å². The lowest BCUT2D eigenvalue weighted by atomic mass is 9.73. The first-order valence-corrected chi connectivity index (χ1v) is 4.97. The highest BCUT2D eigenvalue weighted by atomic mass is 16.5. The molecule has 0 aromatic rings. The normalized spacial score (nSPS) is 43.5. The number of carbonyl (C=O) groups is 1. The predicted octanol–water partition coefficient (Wildman–Crippen LogP) is 0.686. The molecule has 1 atom stereocenters. The highest BCUT2D eigenvalue weighted by molar-refractivity contribution is 5.86. The summed E-state index contributed by atoms with van der Waals surface area (Å²) < 4.78 is 5.48. The Balaban J connectivity index is 2.25. The number of methoxy groups -OCH3 is 1. The maximum Gasteiger partial charge on any atom is 0.163 e. The molecule has 0 spiro atoms. The standard InChI is InChI=1S/C10H17NO2/c1-8(12)10(13-2)7-11-5-3-9(10)4-6-11/h9H,3-7H2,1-2H3. The molecule has 3 heterocycles. The van der Waals surface area contributed by atoms with Gasteiger partial charge in [0.05, 0.1) is 0 Å². The highest BCUT2D eigenvalue weighted by Gasteiger charge is 2.50. The molecule has 3 heteroatoms. The van der Waals surface area contributed by atoms with Crippen molar-refractivity contribution in [3.05, 3.63) is 0 Å². The third-order valence-corrected chi connectivity index (χ3v) is 3.67. The third kappa shape index (κ3) is 1.22. The topological polar surface area (TPSA) is 29.5 Å². The molecule has 0 aromatic heterocycles. The smallest absolute Gasteiger partial charge is 0.163 e. The zero-order valence-corrected chi connectivity index (χ0v) is 8.38. The van der Waals surface area contributed by atoms with Crippen LogP contribution < -0.4 is 0 Å². The predicted molar refractivity (Wildman–Crippen MR) is 49.6 cm³/mol. The Bertz CT molecular complexity index is 221. The van der Waals surface area contributed by atoms with Crippen LogP contribution >= 0.6 is 0 Å². The van der Waals surface area contributed by atoms with Crippen LogP contribution in [0, 0.1) is 5.92 Å². The van der Waals surface area contributed by atoms with Crippen molar-refractivity contribution < 1.29 is 9.53 Å². The molecule has 3 aliphatic heterocycles. The number of fused-ring (bicyclic) bond motifs is 3. The Hall–Kier alpha value is -0.410. The molecule has 0 radical (unpaired) electrons. The van der Waals surface area contributed by atoms with Gasteiger partial charge in [-0.15, -0.1) is 0 Å². The first-order valence-electron chi connectivity index (χ1n) is 4.97. The van der Waals surface area contributed by atoms with Crippen molar-refractivity contribution in [2.75, 3.05) is 26.7 Å². The summed E-state index contributed by atoms with van der Waals surface area (Å²) in [6.07, 6.45) is 2.24. The monoisotopic (exact) mass is 183 g/mol. The van der Waals surface area contributed by atoms with E-state index >= 15 is 0 Å². The van der Waals surface area contributed by atoms with E-state index in [1.807, 2.05) is 0 Å². The van der Waals surface area contributed by atoms with Crippen molar-refractivity contribution >= 4 is 5.78 Å². The van der Waals surface area contributed by atoms with Gasteiger partial charge in [0, 0.05) is 13.7 Å². The number of rotatable bonds is 2. The van der Waals surface area contributed by atoms with E-state index in [-0.39, 0.29) is 5.78 Å². The van der Waals surface area contributed by atoms with Gasteiger partial charge < -0.3 is 4.74 Å². The Labute approximate surface area is 79.0 Å². The van der Waals surface area contributed by atoms with Crippen LogP contribution in [0.25, 0.3) is 0 Å². The summed E-state index contributed by atoms with van der Waals surface area (Å²) in [6, 6.07) is 0. The maximum absolute atomic E-state index is 11.6. The van der Waals surface area contributed by atoms with Crippen LogP contribution in [0.5, 0.6) is 0 Å². The van der Waals surface area contributed by atoms with Gasteiger partial charge in [0.25, 0.3) is 0 Å². The third-order valence-electron chi connectivity index (χ3n) is 3.67. The van der Waals surface area contributed by atoms with Gasteiger partial charge in [-0.3, -0.25) is 9.69 Å². The number of hydrogen-bond acceptors (Lipinski definition) is 3. The number of hydrogen-bond donors (Lipinski definition) is 0. The first-order chi connectivity index (χ1) is 6.19. The lowest BCUT2D eigenvalue weighted by Crippen LogP contribution is -2.63. The molecule has 1 unspecified atom stereocenters. The van der Waals surface area contributed by atoms with Gasteiger partial charge in [-0.1, -0.05) is 0 Å². The molecule has 0 aliphatic carbocycles. The number of piperidine rings is 3. The van der Waals surface area contributed by atoms with E-state index < -0.39 is 5.60 Å². The van der Waals surface area contributed by atoms with Crippen molar-refractivity contribution in [1.82, 2.24) is 4.90 Å². The van der Waals surface area contributed by atoms with E-state index in [1.165, 1.54) is 0 Å². The van der Waals surface area contributed by atoms with E-state index in [1.54, 1.807) is 14.0 Å². The SMILES string of the molecule is COC1(C(C)=O)CN2CCC1CC2. The van der Waals surface area contributed by atoms with Crippen molar-refractivity contribution in [2.45, 2.75) is 25.4 Å². The summed E-state index contributed by atoms with van der Waals surface area (Å²) in [5.74, 6) is 0.657. The van der Waals surface area contributed by atoms with Crippen LogP contribution in [0.3, 0.4) is 0 Å². The van der Waals surface area contributed by atoms with Crippen LogP contribution in [-0.4, -0.2) is 43.0 Å². The maximum atomic E-state index is 11.6. The average Bonchev–Trinajstić information content (AvgIpc) is 2.19. The molecule has 0 aromatic carbocycles. The van der Waals surface area contributed by atoms with E-state index in [2.05, 4.69) is 4.90 Å². The molecular formula is C10H17NO2. The summed E-state index contributed by atoms with van der Waals surface area (Å²) in [7, 11) is 1.67. The van der Waals surface area contributed by atoms with Crippen molar-refractivity contribution in [3.8, 4) is 0 Å². The molecule has 13 heavy (non-hydrogen) atoms. The van der Waals surface area contributed by atoms with E-state index in [0.29, 0.717) is 5.92 Å². The van der Waals surface area contributed by atoms with Gasteiger partial charge in [-0.25, -0.2) is 0 Å². The van der Waals surface area contributed by atoms with Crippen LogP contribution in [0.2, 0.25) is 0 Å². The first kappa shape index (κ1) is 9.16. The lowest BCUT2D eigenvalue weighted by Gasteiger charge is -2.50. The summed E-state index contributed by atoms with van der Waals surface area (Å²) in [6.45, 7) is 4.75. The van der Waals surface area contributed by atoms with Crippen LogP contribution in [0.4, 0.5) is 0 Å². The van der Waals surface area contributed by atoms with Gasteiger partial charge in [0.2, 0.25) is 0 Å². The Kier molecular flexibility index (Phi) is 2.16. The van der Waals surface area contributed by atoms with Gasteiger partial charge in [-0.05, 0) is 38.8 Å². The van der Waals surface area contributed by atoms with Gasteiger partial charge in [0.15, 0.2) is 5.78 Å². The van der Waals surface area contributed by atoms with Crippen LogP contribution in [-0.2, 0) is 9.53 Å². The van der Waals surface area contributed by atoms with Crippen molar-refractivity contribution in [2.24, 2.45) is 5.92 Å². The van der Waals surface area contributed by atoms with E-state index in [0.717, 1.165) is 32.5 Å². The number of nitrogens with zero attached hydrogens (tertiary/aromatic N) is 1. The summed E-state index contributed by atoms with van der Waals surface area (Å²) in [4.78, 5) is 13.9. The number of ketones is 1. The van der Waals surface area contributed by atoms with E-state index in [4.69, 9.17) is 4.74 Å². The molecule has 0 amide bonds. The lowest BCUT2D eigenvalue weighted by molar-refractivity contribution is -0.165. The molecule has 3 fully saturated rings. The molecule has 0 N–H and O–H groups in total. The average molecular weight is 183 g/mol. The molecule has 3 saturated heterocycles.